The van der Waals surface area contributed by atoms with Crippen molar-refractivity contribution in [2.75, 3.05) is 5.32 Å². The van der Waals surface area contributed by atoms with Gasteiger partial charge in [0.25, 0.3) is 11.1 Å². The van der Waals surface area contributed by atoms with Gasteiger partial charge in [-0.05, 0) is 31.2 Å². The molecule has 106 valence electrons. The summed E-state index contributed by atoms with van der Waals surface area (Å²) >= 11 is 0. The predicted molar refractivity (Wildman–Crippen MR) is 81.5 cm³/mol. The van der Waals surface area contributed by atoms with E-state index in [1.165, 1.54) is 0 Å². The minimum Gasteiger partial charge on any atom is -0.376 e. The second-order valence-electron chi connectivity index (χ2n) is 4.76. The van der Waals surface area contributed by atoms with Gasteiger partial charge in [-0.3, -0.25) is 24.8 Å². The Bertz CT molecular complexity index is 883. The normalized spacial score (nSPS) is 12.2. The largest absolute Gasteiger partial charge is 0.376 e. The van der Waals surface area contributed by atoms with Crippen molar-refractivity contribution < 1.29 is 0 Å². The number of pyridine rings is 1. The van der Waals surface area contributed by atoms with E-state index >= 15 is 0 Å². The van der Waals surface area contributed by atoms with Crippen LogP contribution in [0.15, 0.2) is 52.2 Å². The average molecular weight is 282 g/mol. The lowest BCUT2D eigenvalue weighted by Gasteiger charge is -2.15. The van der Waals surface area contributed by atoms with Crippen molar-refractivity contribution in [3.05, 3.63) is 69.0 Å². The van der Waals surface area contributed by atoms with Crippen LogP contribution in [0, 0.1) is 0 Å². The summed E-state index contributed by atoms with van der Waals surface area (Å²) in [6, 6.07) is 10.7. The molecule has 6 nitrogen and oxygen atoms in total. The molecular weight excluding hydrogens is 268 g/mol. The quantitative estimate of drug-likeness (QED) is 0.683. The summed E-state index contributed by atoms with van der Waals surface area (Å²) in [5.74, 6) is 0. The second kappa shape index (κ2) is 5.24. The molecule has 0 aliphatic carbocycles. The van der Waals surface area contributed by atoms with Crippen LogP contribution in [0.25, 0.3) is 10.8 Å². The molecule has 1 atom stereocenters. The molecule has 6 heteroatoms. The van der Waals surface area contributed by atoms with E-state index in [-0.39, 0.29) is 17.2 Å². The number of anilines is 1. The number of aromatic amines is 2. The van der Waals surface area contributed by atoms with Crippen molar-refractivity contribution in [2.24, 2.45) is 0 Å². The highest BCUT2D eigenvalue weighted by molar-refractivity contribution is 5.92. The van der Waals surface area contributed by atoms with Crippen LogP contribution >= 0.6 is 0 Å². The minimum absolute atomic E-state index is 0.0875. The molecule has 1 aromatic carbocycles. The van der Waals surface area contributed by atoms with E-state index in [2.05, 4.69) is 20.5 Å². The summed E-state index contributed by atoms with van der Waals surface area (Å²) in [5, 5.41) is 8.61. The molecule has 3 aromatic rings. The number of nitrogens with zero attached hydrogens (tertiary/aromatic N) is 1. The highest BCUT2D eigenvalue weighted by Gasteiger charge is 2.11. The van der Waals surface area contributed by atoms with Crippen LogP contribution in [-0.4, -0.2) is 15.2 Å². The van der Waals surface area contributed by atoms with Crippen LogP contribution in [0.2, 0.25) is 0 Å². The third-order valence-electron chi connectivity index (χ3n) is 3.33. The highest BCUT2D eigenvalue weighted by Crippen LogP contribution is 2.22. The maximum absolute atomic E-state index is 12.0. The molecule has 2 heterocycles. The SMILES string of the molecule is CC(Nc1cccc2c(=O)[nH][nH]c(=O)c12)c1ccccn1. The molecule has 3 rings (SSSR count). The lowest BCUT2D eigenvalue weighted by Crippen LogP contribution is -2.20. The summed E-state index contributed by atoms with van der Waals surface area (Å²) < 4.78 is 0. The maximum atomic E-state index is 12.0. The summed E-state index contributed by atoms with van der Waals surface area (Å²) in [6.45, 7) is 1.95. The van der Waals surface area contributed by atoms with Crippen LogP contribution in [0.3, 0.4) is 0 Å². The zero-order chi connectivity index (χ0) is 14.8. The molecule has 2 aromatic heterocycles. The Hall–Kier alpha value is -2.89. The van der Waals surface area contributed by atoms with E-state index in [9.17, 15) is 9.59 Å². The number of fused-ring (bicyclic) bond motifs is 1. The fraction of sp³-hybridized carbons (Fsp3) is 0.133. The third kappa shape index (κ3) is 2.43. The van der Waals surface area contributed by atoms with Gasteiger partial charge in [0.15, 0.2) is 0 Å². The molecule has 21 heavy (non-hydrogen) atoms. The van der Waals surface area contributed by atoms with Gasteiger partial charge in [0.05, 0.1) is 22.5 Å². The van der Waals surface area contributed by atoms with Crippen LogP contribution in [0.5, 0.6) is 0 Å². The topological polar surface area (TPSA) is 90.6 Å². The predicted octanol–water partition coefficient (Wildman–Crippen LogP) is 1.78. The third-order valence-corrected chi connectivity index (χ3v) is 3.33. The lowest BCUT2D eigenvalue weighted by atomic mass is 10.1. The molecule has 1 unspecified atom stereocenters. The summed E-state index contributed by atoms with van der Waals surface area (Å²) in [5.41, 5.74) is 0.813. The Balaban J connectivity index is 2.08. The maximum Gasteiger partial charge on any atom is 0.272 e. The first kappa shape index (κ1) is 13.1. The van der Waals surface area contributed by atoms with Gasteiger partial charge in [-0.1, -0.05) is 12.1 Å². The fourth-order valence-corrected chi connectivity index (χ4v) is 2.29. The first-order valence-corrected chi connectivity index (χ1v) is 6.58. The van der Waals surface area contributed by atoms with Gasteiger partial charge in [-0.2, -0.15) is 0 Å². The standard InChI is InChI=1S/C15H14N4O2/c1-9(11-6-2-3-8-16-11)17-12-7-4-5-10-13(12)15(21)19-18-14(10)20/h2-9,17H,1H3,(H,18,20)(H,19,21). The number of aromatic nitrogens is 3. The molecule has 0 spiro atoms. The Morgan fingerprint density at radius 1 is 1.05 bits per heavy atom. The van der Waals surface area contributed by atoms with E-state index in [1.807, 2.05) is 25.1 Å². The van der Waals surface area contributed by atoms with Crippen molar-refractivity contribution in [3.63, 3.8) is 0 Å². The van der Waals surface area contributed by atoms with Crippen LogP contribution in [-0.2, 0) is 0 Å². The van der Waals surface area contributed by atoms with Crippen LogP contribution in [0.4, 0.5) is 5.69 Å². The molecule has 0 saturated carbocycles. The first-order valence-electron chi connectivity index (χ1n) is 6.58. The van der Waals surface area contributed by atoms with Gasteiger partial charge in [0.1, 0.15) is 0 Å². The zero-order valence-electron chi connectivity index (χ0n) is 11.4. The summed E-state index contributed by atoms with van der Waals surface area (Å²) in [7, 11) is 0. The minimum atomic E-state index is -0.332. The number of nitrogens with one attached hydrogen (secondary N) is 3. The van der Waals surface area contributed by atoms with Crippen LogP contribution < -0.4 is 16.4 Å². The molecule has 0 radical (unpaired) electrons. The highest BCUT2D eigenvalue weighted by atomic mass is 16.1. The van der Waals surface area contributed by atoms with Crippen molar-refractivity contribution in [1.82, 2.24) is 15.2 Å². The molecule has 0 saturated heterocycles. The molecule has 0 fully saturated rings. The molecule has 0 aliphatic rings. The van der Waals surface area contributed by atoms with Crippen LogP contribution in [0.1, 0.15) is 18.7 Å². The lowest BCUT2D eigenvalue weighted by molar-refractivity contribution is 0.840. The summed E-state index contributed by atoms with van der Waals surface area (Å²) in [6.07, 6.45) is 1.72. The monoisotopic (exact) mass is 282 g/mol. The number of H-pyrrole nitrogens is 2. The van der Waals surface area contributed by atoms with Gasteiger partial charge >= 0.3 is 0 Å². The van der Waals surface area contributed by atoms with Crippen molar-refractivity contribution in [3.8, 4) is 0 Å². The van der Waals surface area contributed by atoms with Gasteiger partial charge in [0, 0.05) is 11.9 Å². The van der Waals surface area contributed by atoms with Gasteiger partial charge < -0.3 is 5.32 Å². The van der Waals surface area contributed by atoms with Crippen molar-refractivity contribution in [1.29, 1.82) is 0 Å². The van der Waals surface area contributed by atoms with Gasteiger partial charge in [-0.25, -0.2) is 0 Å². The second-order valence-corrected chi connectivity index (χ2v) is 4.76. The van der Waals surface area contributed by atoms with E-state index < -0.39 is 0 Å². The Morgan fingerprint density at radius 2 is 1.86 bits per heavy atom. The fourth-order valence-electron chi connectivity index (χ4n) is 2.29. The van der Waals surface area contributed by atoms with E-state index in [1.54, 1.807) is 24.4 Å². The van der Waals surface area contributed by atoms with Gasteiger partial charge in [0.2, 0.25) is 0 Å². The van der Waals surface area contributed by atoms with Crippen molar-refractivity contribution in [2.45, 2.75) is 13.0 Å². The van der Waals surface area contributed by atoms with E-state index in [0.717, 1.165) is 5.69 Å². The first-order chi connectivity index (χ1) is 10.2. The number of hydrogen-bond acceptors (Lipinski definition) is 4. The smallest absolute Gasteiger partial charge is 0.272 e. The molecule has 0 aliphatic heterocycles. The van der Waals surface area contributed by atoms with E-state index in [4.69, 9.17) is 0 Å². The molecule has 3 N–H and O–H groups in total. The van der Waals surface area contributed by atoms with Gasteiger partial charge in [-0.15, -0.1) is 0 Å². The number of hydrogen-bond donors (Lipinski definition) is 3. The Kier molecular flexibility index (Phi) is 3.27. The zero-order valence-corrected chi connectivity index (χ0v) is 11.4. The molecular formula is C15H14N4O2. The van der Waals surface area contributed by atoms with Crippen molar-refractivity contribution >= 4 is 16.5 Å². The van der Waals surface area contributed by atoms with E-state index in [0.29, 0.717) is 16.5 Å². The molecule has 0 bridgehead atoms. The Morgan fingerprint density at radius 3 is 2.62 bits per heavy atom. The Labute approximate surface area is 119 Å². The number of rotatable bonds is 3. The molecule has 0 amide bonds. The average Bonchev–Trinajstić information content (AvgIpc) is 2.52. The summed E-state index contributed by atoms with van der Waals surface area (Å²) in [4.78, 5) is 28.0. The number of benzene rings is 1.